The van der Waals surface area contributed by atoms with Gasteiger partial charge in [0.25, 0.3) is 0 Å². The molecular formula is C15H17N3O2. The van der Waals surface area contributed by atoms with Gasteiger partial charge in [-0.15, -0.1) is 0 Å². The van der Waals surface area contributed by atoms with Crippen molar-refractivity contribution in [1.29, 1.82) is 0 Å². The molecule has 0 bridgehead atoms. The van der Waals surface area contributed by atoms with Gasteiger partial charge in [0, 0.05) is 11.9 Å². The molecule has 0 aliphatic heterocycles. The van der Waals surface area contributed by atoms with Gasteiger partial charge in [0.15, 0.2) is 0 Å². The lowest BCUT2D eigenvalue weighted by Crippen LogP contribution is -2.16. The molecule has 1 heterocycles. The molecule has 5 nitrogen and oxygen atoms in total. The van der Waals surface area contributed by atoms with E-state index in [0.717, 1.165) is 29.8 Å². The first-order valence-electron chi connectivity index (χ1n) is 7.01. The number of pyridine rings is 1. The first-order chi connectivity index (χ1) is 9.75. The van der Waals surface area contributed by atoms with Gasteiger partial charge in [-0.05, 0) is 18.4 Å². The van der Waals surface area contributed by atoms with E-state index in [9.17, 15) is 10.1 Å². The van der Waals surface area contributed by atoms with Crippen molar-refractivity contribution in [3.8, 4) is 0 Å². The number of hydrogen-bond donors (Lipinski definition) is 1. The fourth-order valence-corrected chi connectivity index (χ4v) is 2.64. The van der Waals surface area contributed by atoms with Crippen molar-refractivity contribution in [1.82, 2.24) is 4.98 Å². The first-order valence-corrected chi connectivity index (χ1v) is 7.01. The van der Waals surface area contributed by atoms with Crippen LogP contribution >= 0.6 is 0 Å². The van der Waals surface area contributed by atoms with Crippen LogP contribution in [0.5, 0.6) is 0 Å². The normalized spacial score (nSPS) is 15.0. The van der Waals surface area contributed by atoms with Crippen LogP contribution in [0.1, 0.15) is 25.7 Å². The zero-order valence-corrected chi connectivity index (χ0v) is 11.2. The number of para-hydroxylation sites is 1. The van der Waals surface area contributed by atoms with Crippen LogP contribution in [0.15, 0.2) is 30.5 Å². The third-order valence-electron chi connectivity index (χ3n) is 4.03. The van der Waals surface area contributed by atoms with E-state index in [1.807, 2.05) is 24.3 Å². The third kappa shape index (κ3) is 2.43. The van der Waals surface area contributed by atoms with Crippen LogP contribution in [0.3, 0.4) is 0 Å². The first kappa shape index (κ1) is 12.8. The van der Waals surface area contributed by atoms with Gasteiger partial charge in [-0.2, -0.15) is 0 Å². The molecule has 2 aromatic rings. The summed E-state index contributed by atoms with van der Waals surface area (Å²) in [6.07, 6.45) is 6.33. The molecule has 5 heteroatoms. The van der Waals surface area contributed by atoms with E-state index in [-0.39, 0.29) is 10.6 Å². The minimum atomic E-state index is -0.370. The lowest BCUT2D eigenvalue weighted by molar-refractivity contribution is -0.384. The summed E-state index contributed by atoms with van der Waals surface area (Å²) in [6.45, 7) is 0.777. The van der Waals surface area contributed by atoms with Gasteiger partial charge in [0.05, 0.1) is 10.4 Å². The summed E-state index contributed by atoms with van der Waals surface area (Å²) in [6, 6.07) is 7.52. The number of aromatic nitrogens is 1. The van der Waals surface area contributed by atoms with Crippen molar-refractivity contribution in [3.63, 3.8) is 0 Å². The second-order valence-electron chi connectivity index (χ2n) is 5.31. The maximum absolute atomic E-state index is 11.2. The second-order valence-corrected chi connectivity index (χ2v) is 5.31. The topological polar surface area (TPSA) is 68.1 Å². The predicted molar refractivity (Wildman–Crippen MR) is 78.8 cm³/mol. The maximum atomic E-state index is 11.2. The van der Waals surface area contributed by atoms with E-state index >= 15 is 0 Å². The van der Waals surface area contributed by atoms with E-state index in [2.05, 4.69) is 10.3 Å². The summed E-state index contributed by atoms with van der Waals surface area (Å²) in [7, 11) is 0. The van der Waals surface area contributed by atoms with Crippen LogP contribution in [0.2, 0.25) is 0 Å². The summed E-state index contributed by atoms with van der Waals surface area (Å²) in [5.41, 5.74) is 1.43. The van der Waals surface area contributed by atoms with Crippen molar-refractivity contribution in [2.24, 2.45) is 5.92 Å². The van der Waals surface area contributed by atoms with Gasteiger partial charge in [0.1, 0.15) is 11.9 Å². The molecule has 1 N–H and O–H groups in total. The minimum absolute atomic E-state index is 0.0531. The Labute approximate surface area is 117 Å². The SMILES string of the molecule is O=[N+]([O-])c1cnc2ccccc2c1NCCC1CCC1. The van der Waals surface area contributed by atoms with E-state index in [0.29, 0.717) is 5.69 Å². The lowest BCUT2D eigenvalue weighted by Gasteiger charge is -2.25. The van der Waals surface area contributed by atoms with E-state index in [1.165, 1.54) is 25.5 Å². The van der Waals surface area contributed by atoms with Crippen molar-refractivity contribution in [3.05, 3.63) is 40.6 Å². The molecule has 0 amide bonds. The van der Waals surface area contributed by atoms with Gasteiger partial charge in [-0.25, -0.2) is 4.98 Å². The summed E-state index contributed by atoms with van der Waals surface area (Å²) >= 11 is 0. The average molecular weight is 271 g/mol. The van der Waals surface area contributed by atoms with Crippen LogP contribution < -0.4 is 5.32 Å². The van der Waals surface area contributed by atoms with Crippen LogP contribution in [-0.4, -0.2) is 16.5 Å². The molecule has 0 unspecified atom stereocenters. The van der Waals surface area contributed by atoms with E-state index in [1.54, 1.807) is 0 Å². The van der Waals surface area contributed by atoms with Crippen molar-refractivity contribution >= 4 is 22.3 Å². The highest BCUT2D eigenvalue weighted by molar-refractivity contribution is 5.95. The van der Waals surface area contributed by atoms with Crippen molar-refractivity contribution in [2.45, 2.75) is 25.7 Å². The van der Waals surface area contributed by atoms with E-state index < -0.39 is 0 Å². The molecule has 20 heavy (non-hydrogen) atoms. The van der Waals surface area contributed by atoms with Gasteiger partial charge in [-0.1, -0.05) is 37.5 Å². The molecule has 1 aromatic heterocycles. The number of anilines is 1. The highest BCUT2D eigenvalue weighted by atomic mass is 16.6. The molecule has 3 rings (SSSR count). The van der Waals surface area contributed by atoms with Gasteiger partial charge in [-0.3, -0.25) is 10.1 Å². The zero-order valence-electron chi connectivity index (χ0n) is 11.2. The summed E-state index contributed by atoms with van der Waals surface area (Å²) in [4.78, 5) is 14.9. The summed E-state index contributed by atoms with van der Waals surface area (Å²) < 4.78 is 0. The number of fused-ring (bicyclic) bond motifs is 1. The number of rotatable bonds is 5. The highest BCUT2D eigenvalue weighted by Crippen LogP contribution is 2.33. The molecule has 0 radical (unpaired) electrons. The molecule has 0 atom stereocenters. The third-order valence-corrected chi connectivity index (χ3v) is 4.03. The fourth-order valence-electron chi connectivity index (χ4n) is 2.64. The summed E-state index contributed by atoms with van der Waals surface area (Å²) in [5, 5.41) is 15.2. The molecule has 1 aliphatic carbocycles. The Kier molecular flexibility index (Phi) is 3.50. The molecule has 1 aromatic carbocycles. The maximum Gasteiger partial charge on any atom is 0.311 e. The van der Waals surface area contributed by atoms with Gasteiger partial charge >= 0.3 is 5.69 Å². The van der Waals surface area contributed by atoms with E-state index in [4.69, 9.17) is 0 Å². The molecule has 0 spiro atoms. The smallest absolute Gasteiger partial charge is 0.311 e. The number of nitrogens with zero attached hydrogens (tertiary/aromatic N) is 2. The van der Waals surface area contributed by atoms with Gasteiger partial charge < -0.3 is 5.32 Å². The fraction of sp³-hybridized carbons (Fsp3) is 0.400. The molecular weight excluding hydrogens is 254 g/mol. The summed E-state index contributed by atoms with van der Waals surface area (Å²) in [5.74, 6) is 0.787. The largest absolute Gasteiger partial charge is 0.379 e. The molecule has 0 saturated heterocycles. The molecule has 1 saturated carbocycles. The molecule has 1 aliphatic rings. The monoisotopic (exact) mass is 271 g/mol. The Hall–Kier alpha value is -2.17. The lowest BCUT2D eigenvalue weighted by atomic mass is 9.83. The number of nitrogens with one attached hydrogen (secondary N) is 1. The molecule has 1 fully saturated rings. The van der Waals surface area contributed by atoms with Crippen LogP contribution in [-0.2, 0) is 0 Å². The molecule has 104 valence electrons. The minimum Gasteiger partial charge on any atom is -0.379 e. The Bertz CT molecular complexity index is 638. The Morgan fingerprint density at radius 3 is 2.85 bits per heavy atom. The number of hydrogen-bond acceptors (Lipinski definition) is 4. The Balaban J connectivity index is 1.88. The van der Waals surface area contributed by atoms with Gasteiger partial charge in [0.2, 0.25) is 0 Å². The van der Waals surface area contributed by atoms with Crippen LogP contribution in [0.4, 0.5) is 11.4 Å². The van der Waals surface area contributed by atoms with Crippen LogP contribution in [0, 0.1) is 16.0 Å². The standard InChI is InChI=1S/C15H17N3O2/c19-18(20)14-10-17-13-7-2-1-6-12(13)15(14)16-9-8-11-4-3-5-11/h1-2,6-7,10-11H,3-5,8-9H2,(H,16,17). The van der Waals surface area contributed by atoms with Crippen LogP contribution in [0.25, 0.3) is 10.9 Å². The van der Waals surface area contributed by atoms with Crippen molar-refractivity contribution < 1.29 is 4.92 Å². The Morgan fingerprint density at radius 1 is 1.35 bits per heavy atom. The predicted octanol–water partition coefficient (Wildman–Crippen LogP) is 3.75. The van der Waals surface area contributed by atoms with Crippen molar-refractivity contribution in [2.75, 3.05) is 11.9 Å². The number of benzene rings is 1. The number of nitro groups is 1. The Morgan fingerprint density at radius 2 is 2.15 bits per heavy atom. The highest BCUT2D eigenvalue weighted by Gasteiger charge is 2.20. The quantitative estimate of drug-likeness (QED) is 0.664. The zero-order chi connectivity index (χ0) is 13.9. The average Bonchev–Trinajstić information content (AvgIpc) is 2.41. The second kappa shape index (κ2) is 5.45.